The van der Waals surface area contributed by atoms with Crippen molar-refractivity contribution in [2.75, 3.05) is 18.6 Å². The lowest BCUT2D eigenvalue weighted by atomic mass is 10.2. The molecule has 0 radical (unpaired) electrons. The van der Waals surface area contributed by atoms with Crippen LogP contribution in [0, 0.1) is 6.92 Å². The standard InChI is InChI=1S/C10H15BrN2O/c1-7-4-9(11)5-12-10(7)13(3)8(2)6-14/h4-5,8,14H,6H2,1-3H3. The molecule has 1 aromatic heterocycles. The Hall–Kier alpha value is -0.610. The predicted octanol–water partition coefficient (Wildman–Crippen LogP) is 1.97. The van der Waals surface area contributed by atoms with Crippen LogP contribution in [-0.4, -0.2) is 29.8 Å². The number of halogens is 1. The lowest BCUT2D eigenvalue weighted by Gasteiger charge is -2.25. The zero-order chi connectivity index (χ0) is 10.7. The van der Waals surface area contributed by atoms with Gasteiger partial charge in [-0.25, -0.2) is 4.98 Å². The fraction of sp³-hybridized carbons (Fsp3) is 0.500. The van der Waals surface area contributed by atoms with Gasteiger partial charge in [0.05, 0.1) is 12.6 Å². The van der Waals surface area contributed by atoms with Crippen LogP contribution < -0.4 is 4.90 Å². The van der Waals surface area contributed by atoms with Gasteiger partial charge in [0.25, 0.3) is 0 Å². The average Bonchev–Trinajstić information content (AvgIpc) is 2.15. The Kier molecular flexibility index (Phi) is 3.89. The van der Waals surface area contributed by atoms with Crippen LogP contribution in [0.1, 0.15) is 12.5 Å². The highest BCUT2D eigenvalue weighted by atomic mass is 79.9. The maximum atomic E-state index is 9.03. The van der Waals surface area contributed by atoms with E-state index in [0.717, 1.165) is 15.9 Å². The first kappa shape index (κ1) is 11.5. The lowest BCUT2D eigenvalue weighted by molar-refractivity contribution is 0.269. The van der Waals surface area contributed by atoms with Crippen LogP contribution in [0.2, 0.25) is 0 Å². The van der Waals surface area contributed by atoms with Gasteiger partial charge in [0.2, 0.25) is 0 Å². The van der Waals surface area contributed by atoms with Gasteiger partial charge in [-0.05, 0) is 41.4 Å². The summed E-state index contributed by atoms with van der Waals surface area (Å²) in [7, 11) is 1.93. The van der Waals surface area contributed by atoms with Crippen LogP contribution in [0.15, 0.2) is 16.7 Å². The Morgan fingerprint density at radius 3 is 2.79 bits per heavy atom. The highest BCUT2D eigenvalue weighted by Crippen LogP contribution is 2.20. The van der Waals surface area contributed by atoms with E-state index in [4.69, 9.17) is 5.11 Å². The Labute approximate surface area is 92.9 Å². The van der Waals surface area contributed by atoms with Gasteiger partial charge in [-0.15, -0.1) is 0 Å². The van der Waals surface area contributed by atoms with Crippen molar-refractivity contribution < 1.29 is 5.11 Å². The van der Waals surface area contributed by atoms with E-state index in [1.165, 1.54) is 0 Å². The fourth-order valence-corrected chi connectivity index (χ4v) is 1.68. The van der Waals surface area contributed by atoms with Gasteiger partial charge in [0.1, 0.15) is 5.82 Å². The van der Waals surface area contributed by atoms with Crippen molar-refractivity contribution in [3.8, 4) is 0 Å². The normalized spacial score (nSPS) is 12.6. The summed E-state index contributed by atoms with van der Waals surface area (Å²) in [5, 5.41) is 9.03. The minimum absolute atomic E-state index is 0.0855. The van der Waals surface area contributed by atoms with Crippen LogP contribution in [0.25, 0.3) is 0 Å². The molecule has 0 saturated carbocycles. The topological polar surface area (TPSA) is 36.4 Å². The summed E-state index contributed by atoms with van der Waals surface area (Å²) in [5.74, 6) is 0.912. The second-order valence-corrected chi connectivity index (χ2v) is 4.35. The number of aliphatic hydroxyl groups is 1. The van der Waals surface area contributed by atoms with Crippen LogP contribution in [0.4, 0.5) is 5.82 Å². The number of rotatable bonds is 3. The second kappa shape index (κ2) is 4.75. The van der Waals surface area contributed by atoms with E-state index in [-0.39, 0.29) is 12.6 Å². The summed E-state index contributed by atoms with van der Waals surface area (Å²) in [5.41, 5.74) is 1.10. The zero-order valence-electron chi connectivity index (χ0n) is 8.66. The summed E-state index contributed by atoms with van der Waals surface area (Å²) in [6.07, 6.45) is 1.77. The number of hydrogen-bond acceptors (Lipinski definition) is 3. The Balaban J connectivity index is 2.95. The van der Waals surface area contributed by atoms with Gasteiger partial charge < -0.3 is 10.0 Å². The molecule has 0 bridgehead atoms. The van der Waals surface area contributed by atoms with Gasteiger partial charge in [-0.1, -0.05) is 0 Å². The molecule has 3 nitrogen and oxygen atoms in total. The van der Waals surface area contributed by atoms with E-state index in [1.807, 2.05) is 31.9 Å². The molecular formula is C10H15BrN2O. The first-order valence-corrected chi connectivity index (χ1v) is 5.31. The summed E-state index contributed by atoms with van der Waals surface area (Å²) in [4.78, 5) is 6.29. The van der Waals surface area contributed by atoms with Crippen molar-refractivity contribution in [3.05, 3.63) is 22.3 Å². The number of aliphatic hydroxyl groups excluding tert-OH is 1. The molecule has 0 spiro atoms. The number of aromatic nitrogens is 1. The molecule has 0 aliphatic rings. The van der Waals surface area contributed by atoms with E-state index in [9.17, 15) is 0 Å². The number of nitrogens with zero attached hydrogens (tertiary/aromatic N) is 2. The van der Waals surface area contributed by atoms with Crippen LogP contribution in [0.5, 0.6) is 0 Å². The molecule has 0 aromatic carbocycles. The van der Waals surface area contributed by atoms with E-state index in [1.54, 1.807) is 6.20 Å². The van der Waals surface area contributed by atoms with E-state index in [0.29, 0.717) is 0 Å². The van der Waals surface area contributed by atoms with Crippen LogP contribution in [0.3, 0.4) is 0 Å². The zero-order valence-corrected chi connectivity index (χ0v) is 10.2. The maximum Gasteiger partial charge on any atom is 0.131 e. The van der Waals surface area contributed by atoms with Crippen molar-refractivity contribution in [2.45, 2.75) is 19.9 Å². The number of anilines is 1. The SMILES string of the molecule is Cc1cc(Br)cnc1N(C)C(C)CO. The highest BCUT2D eigenvalue weighted by Gasteiger charge is 2.12. The van der Waals surface area contributed by atoms with Crippen molar-refractivity contribution in [1.82, 2.24) is 4.98 Å². The summed E-state index contributed by atoms with van der Waals surface area (Å²) >= 11 is 3.37. The molecule has 4 heteroatoms. The Morgan fingerprint density at radius 2 is 2.29 bits per heavy atom. The third kappa shape index (κ3) is 2.45. The maximum absolute atomic E-state index is 9.03. The molecule has 0 fully saturated rings. The monoisotopic (exact) mass is 258 g/mol. The van der Waals surface area contributed by atoms with E-state index < -0.39 is 0 Å². The molecule has 1 atom stereocenters. The van der Waals surface area contributed by atoms with Crippen molar-refractivity contribution in [1.29, 1.82) is 0 Å². The fourth-order valence-electron chi connectivity index (χ4n) is 1.23. The third-order valence-electron chi connectivity index (χ3n) is 2.28. The largest absolute Gasteiger partial charge is 0.394 e. The Morgan fingerprint density at radius 1 is 1.64 bits per heavy atom. The quantitative estimate of drug-likeness (QED) is 0.901. The second-order valence-electron chi connectivity index (χ2n) is 3.44. The summed E-state index contributed by atoms with van der Waals surface area (Å²) in [6, 6.07) is 2.10. The number of likely N-dealkylation sites (N-methyl/N-ethyl adjacent to an activating group) is 1. The molecule has 1 heterocycles. The van der Waals surface area contributed by atoms with E-state index in [2.05, 4.69) is 20.9 Å². The van der Waals surface area contributed by atoms with Crippen LogP contribution in [-0.2, 0) is 0 Å². The van der Waals surface area contributed by atoms with Crippen molar-refractivity contribution in [2.24, 2.45) is 0 Å². The highest BCUT2D eigenvalue weighted by molar-refractivity contribution is 9.10. The predicted molar refractivity (Wildman–Crippen MR) is 61.6 cm³/mol. The smallest absolute Gasteiger partial charge is 0.131 e. The van der Waals surface area contributed by atoms with Crippen molar-refractivity contribution in [3.63, 3.8) is 0 Å². The first-order chi connectivity index (χ1) is 6.56. The van der Waals surface area contributed by atoms with Crippen LogP contribution >= 0.6 is 15.9 Å². The van der Waals surface area contributed by atoms with Gasteiger partial charge in [0.15, 0.2) is 0 Å². The summed E-state index contributed by atoms with van der Waals surface area (Å²) in [6.45, 7) is 4.10. The molecule has 1 rings (SSSR count). The average molecular weight is 259 g/mol. The Bertz CT molecular complexity index is 317. The number of pyridine rings is 1. The molecular weight excluding hydrogens is 244 g/mol. The molecule has 0 saturated heterocycles. The molecule has 1 unspecified atom stereocenters. The first-order valence-electron chi connectivity index (χ1n) is 4.52. The lowest BCUT2D eigenvalue weighted by Crippen LogP contribution is -2.32. The van der Waals surface area contributed by atoms with Gasteiger partial charge in [-0.3, -0.25) is 0 Å². The van der Waals surface area contributed by atoms with Gasteiger partial charge in [0, 0.05) is 17.7 Å². The summed E-state index contributed by atoms with van der Waals surface area (Å²) < 4.78 is 0.976. The molecule has 1 N–H and O–H groups in total. The molecule has 78 valence electrons. The number of hydrogen-bond donors (Lipinski definition) is 1. The van der Waals surface area contributed by atoms with E-state index >= 15 is 0 Å². The number of aryl methyl sites for hydroxylation is 1. The molecule has 0 aliphatic carbocycles. The van der Waals surface area contributed by atoms with Crippen molar-refractivity contribution >= 4 is 21.7 Å². The minimum Gasteiger partial charge on any atom is -0.394 e. The van der Waals surface area contributed by atoms with Gasteiger partial charge >= 0.3 is 0 Å². The molecule has 14 heavy (non-hydrogen) atoms. The molecule has 0 amide bonds. The third-order valence-corrected chi connectivity index (χ3v) is 2.71. The molecule has 1 aromatic rings. The van der Waals surface area contributed by atoms with Gasteiger partial charge in [-0.2, -0.15) is 0 Å². The minimum atomic E-state index is 0.0855. The molecule has 0 aliphatic heterocycles.